The van der Waals surface area contributed by atoms with Gasteiger partial charge >= 0.3 is 0 Å². The van der Waals surface area contributed by atoms with Gasteiger partial charge in [-0.2, -0.15) is 0 Å². The third-order valence-corrected chi connectivity index (χ3v) is 3.33. The summed E-state index contributed by atoms with van der Waals surface area (Å²) in [5.41, 5.74) is 2.07. The predicted octanol–water partition coefficient (Wildman–Crippen LogP) is 3.72. The highest BCUT2D eigenvalue weighted by Gasteiger charge is 2.15. The highest BCUT2D eigenvalue weighted by molar-refractivity contribution is 8.00. The fraction of sp³-hybridized carbons (Fsp3) is 0.615. The zero-order chi connectivity index (χ0) is 12.3. The van der Waals surface area contributed by atoms with Crippen molar-refractivity contribution in [2.45, 2.75) is 56.9 Å². The first kappa shape index (κ1) is 13.5. The molecule has 1 heterocycles. The number of aliphatic hydroxyl groups excluding tert-OH is 1. The van der Waals surface area contributed by atoms with Crippen molar-refractivity contribution in [3.8, 4) is 0 Å². The normalized spacial score (nSPS) is 13.9. The molecule has 0 aliphatic heterocycles. The number of aliphatic hydroxyl groups is 1. The summed E-state index contributed by atoms with van der Waals surface area (Å²) in [4.78, 5) is 4.40. The summed E-state index contributed by atoms with van der Waals surface area (Å²) < 4.78 is 0.171. The fourth-order valence-corrected chi connectivity index (χ4v) is 2.45. The molecule has 1 N–H and O–H groups in total. The minimum atomic E-state index is -0.388. The minimum absolute atomic E-state index is 0.171. The van der Waals surface area contributed by atoms with Gasteiger partial charge in [-0.15, -0.1) is 11.8 Å². The molecule has 0 saturated heterocycles. The molecule has 1 rings (SSSR count). The largest absolute Gasteiger partial charge is 0.388 e. The Morgan fingerprint density at radius 1 is 1.44 bits per heavy atom. The van der Waals surface area contributed by atoms with Gasteiger partial charge < -0.3 is 5.11 Å². The van der Waals surface area contributed by atoms with Crippen molar-refractivity contribution in [3.63, 3.8) is 0 Å². The predicted molar refractivity (Wildman–Crippen MR) is 69.8 cm³/mol. The zero-order valence-corrected chi connectivity index (χ0v) is 11.6. The summed E-state index contributed by atoms with van der Waals surface area (Å²) in [7, 11) is 0. The smallest absolute Gasteiger partial charge is 0.0967 e. The molecule has 0 radical (unpaired) electrons. The van der Waals surface area contributed by atoms with E-state index >= 15 is 0 Å². The molecule has 0 unspecified atom stereocenters. The van der Waals surface area contributed by atoms with Gasteiger partial charge in [0.2, 0.25) is 0 Å². The molecular formula is C13H21NOS. The zero-order valence-electron chi connectivity index (χ0n) is 10.7. The van der Waals surface area contributed by atoms with Crippen molar-refractivity contribution in [2.75, 3.05) is 0 Å². The Morgan fingerprint density at radius 2 is 2.06 bits per heavy atom. The average molecular weight is 239 g/mol. The SMILES string of the molecule is CC[C@H](O)c1cnc(SC(C)(C)C)cc1C. The average Bonchev–Trinajstić information content (AvgIpc) is 2.14. The van der Waals surface area contributed by atoms with Gasteiger partial charge in [-0.1, -0.05) is 27.7 Å². The van der Waals surface area contributed by atoms with Crippen molar-refractivity contribution in [2.24, 2.45) is 0 Å². The van der Waals surface area contributed by atoms with Crippen molar-refractivity contribution in [3.05, 3.63) is 23.4 Å². The maximum absolute atomic E-state index is 9.79. The molecule has 1 aromatic rings. The van der Waals surface area contributed by atoms with Gasteiger partial charge in [0.1, 0.15) is 0 Å². The maximum Gasteiger partial charge on any atom is 0.0967 e. The van der Waals surface area contributed by atoms with Crippen LogP contribution < -0.4 is 0 Å². The Hall–Kier alpha value is -0.540. The summed E-state index contributed by atoms with van der Waals surface area (Å²) in [6.07, 6.45) is 2.15. The molecule has 0 bridgehead atoms. The monoisotopic (exact) mass is 239 g/mol. The molecule has 90 valence electrons. The van der Waals surface area contributed by atoms with Crippen LogP contribution in [0.15, 0.2) is 17.3 Å². The highest BCUT2D eigenvalue weighted by Crippen LogP contribution is 2.32. The summed E-state index contributed by atoms with van der Waals surface area (Å²) in [5.74, 6) is 0. The topological polar surface area (TPSA) is 33.1 Å². The van der Waals surface area contributed by atoms with Crippen LogP contribution in [0.4, 0.5) is 0 Å². The third kappa shape index (κ3) is 3.80. The third-order valence-electron chi connectivity index (χ3n) is 2.28. The van der Waals surface area contributed by atoms with E-state index in [1.165, 1.54) is 0 Å². The number of nitrogens with zero attached hydrogens (tertiary/aromatic N) is 1. The molecule has 0 spiro atoms. The Labute approximate surface area is 102 Å². The number of hydrogen-bond donors (Lipinski definition) is 1. The molecule has 0 amide bonds. The quantitative estimate of drug-likeness (QED) is 0.816. The molecule has 2 nitrogen and oxygen atoms in total. The van der Waals surface area contributed by atoms with E-state index in [1.54, 1.807) is 18.0 Å². The van der Waals surface area contributed by atoms with Gasteiger partial charge in [0, 0.05) is 16.5 Å². The van der Waals surface area contributed by atoms with Crippen LogP contribution in [-0.2, 0) is 0 Å². The lowest BCUT2D eigenvalue weighted by Crippen LogP contribution is -2.08. The number of hydrogen-bond acceptors (Lipinski definition) is 3. The van der Waals surface area contributed by atoms with Crippen LogP contribution in [0.25, 0.3) is 0 Å². The highest BCUT2D eigenvalue weighted by atomic mass is 32.2. The molecular weight excluding hydrogens is 218 g/mol. The van der Waals surface area contributed by atoms with Gasteiger partial charge in [-0.25, -0.2) is 4.98 Å². The van der Waals surface area contributed by atoms with Crippen molar-refractivity contribution >= 4 is 11.8 Å². The minimum Gasteiger partial charge on any atom is -0.388 e. The molecule has 3 heteroatoms. The summed E-state index contributed by atoms with van der Waals surface area (Å²) in [6, 6.07) is 2.06. The van der Waals surface area contributed by atoms with Gasteiger partial charge in [-0.3, -0.25) is 0 Å². The van der Waals surface area contributed by atoms with E-state index in [1.807, 2.05) is 13.8 Å². The number of rotatable bonds is 3. The van der Waals surface area contributed by atoms with E-state index in [0.29, 0.717) is 0 Å². The second-order valence-corrected chi connectivity index (χ2v) is 6.86. The first-order valence-electron chi connectivity index (χ1n) is 5.67. The van der Waals surface area contributed by atoms with E-state index in [-0.39, 0.29) is 10.9 Å². The van der Waals surface area contributed by atoms with E-state index < -0.39 is 0 Å². The summed E-state index contributed by atoms with van der Waals surface area (Å²) in [6.45, 7) is 10.5. The second kappa shape index (κ2) is 5.19. The lowest BCUT2D eigenvalue weighted by molar-refractivity contribution is 0.172. The van der Waals surface area contributed by atoms with Crippen molar-refractivity contribution in [1.82, 2.24) is 4.98 Å². The Balaban J connectivity index is 2.91. The Morgan fingerprint density at radius 3 is 2.50 bits per heavy atom. The van der Waals surface area contributed by atoms with Crippen LogP contribution in [0.1, 0.15) is 51.3 Å². The van der Waals surface area contributed by atoms with Crippen LogP contribution in [0.3, 0.4) is 0 Å². The van der Waals surface area contributed by atoms with Crippen molar-refractivity contribution < 1.29 is 5.11 Å². The molecule has 1 atom stereocenters. The standard InChI is InChI=1S/C13H21NOS/c1-6-11(15)10-8-14-12(7-9(10)2)16-13(3,4)5/h7-8,11,15H,6H2,1-5H3/t11-/m0/s1. The molecule has 0 aliphatic rings. The first-order valence-corrected chi connectivity index (χ1v) is 6.48. The Bertz CT molecular complexity index is 357. The van der Waals surface area contributed by atoms with E-state index in [4.69, 9.17) is 0 Å². The van der Waals surface area contributed by atoms with Crippen LogP contribution in [0.2, 0.25) is 0 Å². The summed E-state index contributed by atoms with van der Waals surface area (Å²) >= 11 is 1.75. The maximum atomic E-state index is 9.79. The number of aryl methyl sites for hydroxylation is 1. The van der Waals surface area contributed by atoms with Gasteiger partial charge in [-0.05, 0) is 25.0 Å². The van der Waals surface area contributed by atoms with Crippen LogP contribution in [0.5, 0.6) is 0 Å². The van der Waals surface area contributed by atoms with Gasteiger partial charge in [0.25, 0.3) is 0 Å². The fourth-order valence-electron chi connectivity index (χ4n) is 1.48. The number of thioether (sulfide) groups is 1. The van der Waals surface area contributed by atoms with E-state index in [2.05, 4.69) is 31.8 Å². The molecule has 1 aromatic heterocycles. The van der Waals surface area contributed by atoms with Gasteiger partial charge in [0.15, 0.2) is 0 Å². The molecule has 0 aromatic carbocycles. The van der Waals surface area contributed by atoms with Crippen molar-refractivity contribution in [1.29, 1.82) is 0 Å². The van der Waals surface area contributed by atoms with E-state index in [9.17, 15) is 5.11 Å². The van der Waals surface area contributed by atoms with Crippen LogP contribution in [-0.4, -0.2) is 14.8 Å². The molecule has 0 aliphatic carbocycles. The van der Waals surface area contributed by atoms with E-state index in [0.717, 1.165) is 22.6 Å². The first-order chi connectivity index (χ1) is 7.33. The Kier molecular flexibility index (Phi) is 4.39. The van der Waals surface area contributed by atoms with Gasteiger partial charge in [0.05, 0.1) is 11.1 Å². The van der Waals surface area contributed by atoms with Crippen LogP contribution in [0, 0.1) is 6.92 Å². The summed E-state index contributed by atoms with van der Waals surface area (Å²) in [5, 5.41) is 10.8. The van der Waals surface area contributed by atoms with Crippen LogP contribution >= 0.6 is 11.8 Å². The second-order valence-electron chi connectivity index (χ2n) is 5.02. The lowest BCUT2D eigenvalue weighted by Gasteiger charge is -2.18. The number of aromatic nitrogens is 1. The molecule has 16 heavy (non-hydrogen) atoms. The molecule has 0 saturated carbocycles. The number of pyridine rings is 1. The lowest BCUT2D eigenvalue weighted by atomic mass is 10.1. The molecule has 0 fully saturated rings.